The van der Waals surface area contributed by atoms with Crippen LogP contribution in [-0.4, -0.2) is 9.55 Å². The molecule has 0 spiro atoms. The molecule has 0 atom stereocenters. The molecular weight excluding hydrogens is 196 g/mol. The highest BCUT2D eigenvalue weighted by Gasteiger charge is 2.23. The summed E-state index contributed by atoms with van der Waals surface area (Å²) in [6.07, 6.45) is 3.79. The van der Waals surface area contributed by atoms with Gasteiger partial charge in [0, 0.05) is 6.04 Å². The predicted molar refractivity (Wildman–Crippen MR) is 57.6 cm³/mol. The van der Waals surface area contributed by atoms with Crippen molar-refractivity contribution >= 4 is 22.6 Å². The van der Waals surface area contributed by atoms with Crippen molar-refractivity contribution in [1.29, 1.82) is 0 Å². The largest absolute Gasteiger partial charge is 0.312 e. The number of fused-ring (bicyclic) bond motifs is 1. The molecular formula is C11H11ClN2. The Kier molecular flexibility index (Phi) is 1.77. The second-order valence-electron chi connectivity index (χ2n) is 3.82. The van der Waals surface area contributed by atoms with E-state index < -0.39 is 0 Å². The number of hydrogen-bond donors (Lipinski definition) is 0. The Labute approximate surface area is 87.5 Å². The number of benzene rings is 1. The molecule has 0 aliphatic heterocycles. The van der Waals surface area contributed by atoms with E-state index in [-0.39, 0.29) is 0 Å². The van der Waals surface area contributed by atoms with Crippen LogP contribution in [-0.2, 0) is 0 Å². The van der Waals surface area contributed by atoms with Gasteiger partial charge in [0.05, 0.1) is 11.0 Å². The Hall–Kier alpha value is -1.02. The van der Waals surface area contributed by atoms with Gasteiger partial charge in [-0.25, -0.2) is 4.98 Å². The van der Waals surface area contributed by atoms with Gasteiger partial charge >= 0.3 is 0 Å². The number of imidazole rings is 1. The molecule has 0 bridgehead atoms. The molecule has 1 heterocycles. The third-order valence-electron chi connectivity index (χ3n) is 2.99. The van der Waals surface area contributed by atoms with Gasteiger partial charge in [0.1, 0.15) is 0 Å². The molecule has 2 aromatic rings. The van der Waals surface area contributed by atoms with Gasteiger partial charge in [-0.2, -0.15) is 0 Å². The van der Waals surface area contributed by atoms with Crippen molar-refractivity contribution in [2.24, 2.45) is 0 Å². The second-order valence-corrected chi connectivity index (χ2v) is 4.16. The summed E-state index contributed by atoms with van der Waals surface area (Å²) in [5.41, 5.74) is 2.17. The van der Waals surface area contributed by atoms with Gasteiger partial charge < -0.3 is 4.57 Å². The highest BCUT2D eigenvalue weighted by molar-refractivity contribution is 6.29. The van der Waals surface area contributed by atoms with Crippen LogP contribution in [0.4, 0.5) is 0 Å². The Morgan fingerprint density at radius 2 is 2.07 bits per heavy atom. The lowest BCUT2D eigenvalue weighted by atomic mass is 9.93. The molecule has 1 aliphatic rings. The zero-order valence-corrected chi connectivity index (χ0v) is 8.54. The lowest BCUT2D eigenvalue weighted by molar-refractivity contribution is 0.321. The van der Waals surface area contributed by atoms with Crippen molar-refractivity contribution in [2.75, 3.05) is 0 Å². The third kappa shape index (κ3) is 1.07. The van der Waals surface area contributed by atoms with E-state index in [0.29, 0.717) is 11.3 Å². The minimum atomic E-state index is 0.579. The molecule has 0 unspecified atom stereocenters. The molecule has 0 N–H and O–H groups in total. The number of aromatic nitrogens is 2. The van der Waals surface area contributed by atoms with Crippen molar-refractivity contribution in [3.05, 3.63) is 29.5 Å². The van der Waals surface area contributed by atoms with E-state index in [1.165, 1.54) is 24.8 Å². The van der Waals surface area contributed by atoms with Gasteiger partial charge in [0.25, 0.3) is 0 Å². The smallest absolute Gasteiger partial charge is 0.204 e. The Morgan fingerprint density at radius 3 is 2.79 bits per heavy atom. The molecule has 72 valence electrons. The number of halogens is 1. The van der Waals surface area contributed by atoms with Crippen LogP contribution in [0.1, 0.15) is 25.3 Å². The lowest BCUT2D eigenvalue weighted by Gasteiger charge is -2.27. The van der Waals surface area contributed by atoms with Crippen molar-refractivity contribution in [3.8, 4) is 0 Å². The summed E-state index contributed by atoms with van der Waals surface area (Å²) in [4.78, 5) is 4.34. The first kappa shape index (κ1) is 8.30. The Morgan fingerprint density at radius 1 is 1.29 bits per heavy atom. The first-order valence-electron chi connectivity index (χ1n) is 4.99. The van der Waals surface area contributed by atoms with E-state index in [9.17, 15) is 0 Å². The van der Waals surface area contributed by atoms with Gasteiger partial charge in [-0.1, -0.05) is 12.1 Å². The van der Waals surface area contributed by atoms with Crippen molar-refractivity contribution in [3.63, 3.8) is 0 Å². The molecule has 2 nitrogen and oxygen atoms in total. The van der Waals surface area contributed by atoms with Crippen LogP contribution in [0.3, 0.4) is 0 Å². The predicted octanol–water partition coefficient (Wildman–Crippen LogP) is 3.41. The summed E-state index contributed by atoms with van der Waals surface area (Å²) in [6, 6.07) is 8.71. The van der Waals surface area contributed by atoms with Crippen LogP contribution < -0.4 is 0 Å². The molecule has 3 rings (SSSR count). The first-order valence-corrected chi connectivity index (χ1v) is 5.36. The van der Waals surface area contributed by atoms with E-state index >= 15 is 0 Å². The van der Waals surface area contributed by atoms with Gasteiger partial charge in [-0.15, -0.1) is 0 Å². The highest BCUT2D eigenvalue weighted by Crippen LogP contribution is 2.36. The van der Waals surface area contributed by atoms with Gasteiger partial charge in [0.2, 0.25) is 5.28 Å². The van der Waals surface area contributed by atoms with Crippen LogP contribution in [0.2, 0.25) is 5.28 Å². The van der Waals surface area contributed by atoms with E-state index in [4.69, 9.17) is 11.6 Å². The molecule has 1 fully saturated rings. The van der Waals surface area contributed by atoms with Gasteiger partial charge in [0.15, 0.2) is 0 Å². The number of nitrogens with zero attached hydrogens (tertiary/aromatic N) is 2. The van der Waals surface area contributed by atoms with E-state index in [1.54, 1.807) is 0 Å². The fraction of sp³-hybridized carbons (Fsp3) is 0.364. The fourth-order valence-corrected chi connectivity index (χ4v) is 2.33. The summed E-state index contributed by atoms with van der Waals surface area (Å²) >= 11 is 6.13. The fourth-order valence-electron chi connectivity index (χ4n) is 2.01. The minimum Gasteiger partial charge on any atom is -0.312 e. The van der Waals surface area contributed by atoms with Crippen molar-refractivity contribution < 1.29 is 0 Å². The zero-order chi connectivity index (χ0) is 9.54. The third-order valence-corrected chi connectivity index (χ3v) is 3.26. The molecule has 3 heteroatoms. The molecule has 0 amide bonds. The average molecular weight is 207 g/mol. The Balaban J connectivity index is 2.24. The number of para-hydroxylation sites is 2. The summed E-state index contributed by atoms with van der Waals surface area (Å²) in [6.45, 7) is 0. The van der Waals surface area contributed by atoms with E-state index in [0.717, 1.165) is 5.52 Å². The molecule has 0 radical (unpaired) electrons. The van der Waals surface area contributed by atoms with Crippen LogP contribution >= 0.6 is 11.6 Å². The zero-order valence-electron chi connectivity index (χ0n) is 7.78. The number of rotatable bonds is 1. The topological polar surface area (TPSA) is 17.8 Å². The molecule has 1 saturated carbocycles. The minimum absolute atomic E-state index is 0.579. The maximum absolute atomic E-state index is 6.13. The normalized spacial score (nSPS) is 17.2. The summed E-state index contributed by atoms with van der Waals surface area (Å²) < 4.78 is 2.17. The molecule has 1 aromatic heterocycles. The quantitative estimate of drug-likeness (QED) is 0.699. The van der Waals surface area contributed by atoms with Gasteiger partial charge in [-0.05, 0) is 43.0 Å². The van der Waals surface area contributed by atoms with Gasteiger partial charge in [-0.3, -0.25) is 0 Å². The molecule has 14 heavy (non-hydrogen) atoms. The van der Waals surface area contributed by atoms with Crippen LogP contribution in [0.25, 0.3) is 11.0 Å². The maximum atomic E-state index is 6.13. The lowest BCUT2D eigenvalue weighted by Crippen LogP contribution is -2.16. The standard InChI is InChI=1S/C11H11ClN2/c12-11-13-9-6-1-2-7-10(9)14(11)8-4-3-5-8/h1-2,6-8H,3-5H2. The maximum Gasteiger partial charge on any atom is 0.204 e. The monoisotopic (exact) mass is 206 g/mol. The Bertz CT molecular complexity index is 471. The highest BCUT2D eigenvalue weighted by atomic mass is 35.5. The van der Waals surface area contributed by atoms with Crippen LogP contribution in [0.15, 0.2) is 24.3 Å². The van der Waals surface area contributed by atoms with Crippen molar-refractivity contribution in [2.45, 2.75) is 25.3 Å². The summed E-state index contributed by atoms with van der Waals surface area (Å²) in [5.74, 6) is 0. The molecule has 1 aromatic carbocycles. The van der Waals surface area contributed by atoms with E-state index in [2.05, 4.69) is 15.6 Å². The first-order chi connectivity index (χ1) is 6.86. The number of hydrogen-bond acceptors (Lipinski definition) is 1. The SMILES string of the molecule is Clc1nc2ccccc2n1C1CCC1. The summed E-state index contributed by atoms with van der Waals surface area (Å²) in [7, 11) is 0. The molecule has 1 aliphatic carbocycles. The second kappa shape index (κ2) is 2.99. The summed E-state index contributed by atoms with van der Waals surface area (Å²) in [5, 5.41) is 0.635. The molecule has 0 saturated heterocycles. The van der Waals surface area contributed by atoms with Crippen LogP contribution in [0.5, 0.6) is 0 Å². The average Bonchev–Trinajstić information content (AvgIpc) is 2.41. The van der Waals surface area contributed by atoms with E-state index in [1.807, 2.05) is 18.2 Å². The van der Waals surface area contributed by atoms with Crippen LogP contribution in [0, 0.1) is 0 Å². The van der Waals surface area contributed by atoms with Crippen molar-refractivity contribution in [1.82, 2.24) is 9.55 Å².